The molecule has 0 saturated carbocycles. The Labute approximate surface area is 117 Å². The quantitative estimate of drug-likeness (QED) is 0.604. The highest BCUT2D eigenvalue weighted by atomic mass is 14.5. The van der Waals surface area contributed by atoms with Crippen molar-refractivity contribution in [2.75, 3.05) is 0 Å². The van der Waals surface area contributed by atoms with Crippen molar-refractivity contribution in [1.82, 2.24) is 0 Å². The number of benzene rings is 3. The van der Waals surface area contributed by atoms with Crippen LogP contribution in [0.25, 0.3) is 21.9 Å². The summed E-state index contributed by atoms with van der Waals surface area (Å²) in [7, 11) is 0. The van der Waals surface area contributed by atoms with E-state index in [-0.39, 0.29) is 0 Å². The molecule has 0 spiro atoms. The Morgan fingerprint density at radius 3 is 2.75 bits per heavy atom. The van der Waals surface area contributed by atoms with Gasteiger partial charge in [0.25, 0.3) is 0 Å². The van der Waals surface area contributed by atoms with Gasteiger partial charge >= 0.3 is 0 Å². The molecule has 0 aliphatic heterocycles. The van der Waals surface area contributed by atoms with Crippen molar-refractivity contribution in [1.29, 1.82) is 0 Å². The first kappa shape index (κ1) is 8.97. The molecule has 20 heavy (non-hydrogen) atoms. The predicted octanol–water partition coefficient (Wildman–Crippen LogP) is 4.31. The van der Waals surface area contributed by atoms with Crippen LogP contribution in [0, 0.1) is 6.07 Å². The summed E-state index contributed by atoms with van der Waals surface area (Å²) < 4.78 is 0. The third-order valence-electron chi connectivity index (χ3n) is 5.97. The van der Waals surface area contributed by atoms with Crippen molar-refractivity contribution < 1.29 is 0 Å². The molecular formula is C20H11. The zero-order chi connectivity index (χ0) is 12.6. The van der Waals surface area contributed by atoms with Gasteiger partial charge in [-0.1, -0.05) is 30.3 Å². The van der Waals surface area contributed by atoms with Crippen LogP contribution in [0.1, 0.15) is 45.2 Å². The summed E-state index contributed by atoms with van der Waals surface area (Å²) in [4.78, 5) is 0. The van der Waals surface area contributed by atoms with E-state index < -0.39 is 0 Å². The van der Waals surface area contributed by atoms with E-state index in [1.807, 2.05) is 0 Å². The fourth-order valence-electron chi connectivity index (χ4n) is 4.84. The average molecular weight is 251 g/mol. The largest absolute Gasteiger partial charge is 0.0610 e. The molecule has 0 heteroatoms. The van der Waals surface area contributed by atoms with Crippen molar-refractivity contribution >= 4 is 10.8 Å². The van der Waals surface area contributed by atoms with Gasteiger partial charge in [-0.05, 0) is 74.2 Å². The molecule has 1 radical (unpaired) electrons. The number of hydrogen-bond donors (Lipinski definition) is 0. The van der Waals surface area contributed by atoms with Crippen LogP contribution in [0.5, 0.6) is 0 Å². The first-order valence-corrected chi connectivity index (χ1v) is 7.58. The Morgan fingerprint density at radius 1 is 0.800 bits per heavy atom. The third-order valence-corrected chi connectivity index (χ3v) is 5.97. The van der Waals surface area contributed by atoms with Crippen LogP contribution in [0.4, 0.5) is 0 Å². The summed E-state index contributed by atoms with van der Waals surface area (Å²) in [5.74, 6) is 1.62. The van der Waals surface area contributed by atoms with Gasteiger partial charge in [0, 0.05) is 11.8 Å². The minimum atomic E-state index is 0.806. The van der Waals surface area contributed by atoms with E-state index in [0.717, 1.165) is 11.8 Å². The molecule has 4 aliphatic rings. The highest BCUT2D eigenvalue weighted by Crippen LogP contribution is 2.63. The van der Waals surface area contributed by atoms with Gasteiger partial charge in [0.1, 0.15) is 0 Å². The minimum Gasteiger partial charge on any atom is -0.0610 e. The molecule has 0 bridgehead atoms. The van der Waals surface area contributed by atoms with Crippen LogP contribution in [-0.4, -0.2) is 0 Å². The van der Waals surface area contributed by atoms with Gasteiger partial charge in [0.15, 0.2) is 0 Å². The van der Waals surface area contributed by atoms with Crippen LogP contribution in [0.3, 0.4) is 0 Å². The van der Waals surface area contributed by atoms with Gasteiger partial charge in [0.2, 0.25) is 0 Å². The van der Waals surface area contributed by atoms with E-state index >= 15 is 0 Å². The topological polar surface area (TPSA) is 0 Å². The van der Waals surface area contributed by atoms with Crippen LogP contribution in [0.15, 0.2) is 30.3 Å². The molecule has 3 aromatic rings. The molecule has 3 aromatic carbocycles. The highest BCUT2D eigenvalue weighted by Gasteiger charge is 2.48. The van der Waals surface area contributed by atoms with Gasteiger partial charge < -0.3 is 0 Å². The molecule has 4 aliphatic carbocycles. The Hall–Kier alpha value is -2.08. The van der Waals surface area contributed by atoms with Crippen LogP contribution in [0.2, 0.25) is 0 Å². The monoisotopic (exact) mass is 251 g/mol. The molecule has 0 heterocycles. The summed E-state index contributed by atoms with van der Waals surface area (Å²) >= 11 is 0. The van der Waals surface area contributed by atoms with Crippen LogP contribution >= 0.6 is 0 Å². The summed E-state index contributed by atoms with van der Waals surface area (Å²) in [6.45, 7) is 0. The molecule has 0 fully saturated rings. The van der Waals surface area contributed by atoms with E-state index in [1.165, 1.54) is 40.3 Å². The third kappa shape index (κ3) is 0.746. The Bertz CT molecular complexity index is 1010. The second-order valence-corrected chi connectivity index (χ2v) is 6.77. The van der Waals surface area contributed by atoms with Crippen molar-refractivity contribution in [2.24, 2.45) is 0 Å². The summed E-state index contributed by atoms with van der Waals surface area (Å²) in [5, 5.41) is 2.85. The standard InChI is InChI=1S/C20H11/c1-2-11(13-5-4-9-6-15-17(9)20(13)15)14-7-10-8-16-18(10)19(16)12(14)3-1/h1-5,15-16H,6,8H2. The number of hydrogen-bond acceptors (Lipinski definition) is 0. The lowest BCUT2D eigenvalue weighted by atomic mass is 9.94. The van der Waals surface area contributed by atoms with Crippen molar-refractivity contribution in [3.8, 4) is 11.1 Å². The summed E-state index contributed by atoms with van der Waals surface area (Å²) in [6, 6.07) is 15.3. The molecule has 0 aromatic heterocycles. The number of fused-ring (bicyclic) bond motifs is 4. The normalized spacial score (nSPS) is 24.6. The first-order chi connectivity index (χ1) is 9.92. The average Bonchev–Trinajstić information content (AvgIpc) is 3.26. The molecule has 2 atom stereocenters. The van der Waals surface area contributed by atoms with E-state index in [1.54, 1.807) is 27.8 Å². The van der Waals surface area contributed by atoms with Gasteiger partial charge in [-0.3, -0.25) is 0 Å². The number of rotatable bonds is 1. The maximum absolute atomic E-state index is 3.73. The lowest BCUT2D eigenvalue weighted by Crippen LogP contribution is -1.95. The Balaban J connectivity index is 1.62. The Morgan fingerprint density at radius 2 is 1.75 bits per heavy atom. The molecule has 2 unspecified atom stereocenters. The lowest BCUT2D eigenvalue weighted by Gasteiger charge is -2.09. The first-order valence-electron chi connectivity index (χ1n) is 7.58. The van der Waals surface area contributed by atoms with Crippen LogP contribution < -0.4 is 0 Å². The zero-order valence-corrected chi connectivity index (χ0v) is 11.0. The fraction of sp³-hybridized carbons (Fsp3) is 0.200. The van der Waals surface area contributed by atoms with Crippen LogP contribution in [-0.2, 0) is 12.8 Å². The highest BCUT2D eigenvalue weighted by molar-refractivity contribution is 6.05. The maximum atomic E-state index is 3.73. The predicted molar refractivity (Wildman–Crippen MR) is 79.3 cm³/mol. The van der Waals surface area contributed by atoms with Crippen molar-refractivity contribution in [3.05, 3.63) is 69.8 Å². The summed E-state index contributed by atoms with van der Waals surface area (Å²) in [6.07, 6.45) is 2.54. The fourth-order valence-corrected chi connectivity index (χ4v) is 4.84. The van der Waals surface area contributed by atoms with Gasteiger partial charge in [-0.25, -0.2) is 0 Å². The molecule has 0 N–H and O–H groups in total. The van der Waals surface area contributed by atoms with E-state index in [9.17, 15) is 0 Å². The molecule has 0 saturated heterocycles. The zero-order valence-electron chi connectivity index (χ0n) is 11.0. The van der Waals surface area contributed by atoms with Gasteiger partial charge in [0.05, 0.1) is 0 Å². The minimum absolute atomic E-state index is 0.806. The van der Waals surface area contributed by atoms with Gasteiger partial charge in [-0.15, -0.1) is 0 Å². The molecule has 91 valence electrons. The Kier molecular flexibility index (Phi) is 1.09. The van der Waals surface area contributed by atoms with Crippen molar-refractivity contribution in [2.45, 2.75) is 24.7 Å². The molecule has 7 rings (SSSR count). The lowest BCUT2D eigenvalue weighted by molar-refractivity contribution is 0.870. The molecule has 0 amide bonds. The SMILES string of the molecule is [c]1c2c3c(c4cccc(-c5ccc6c7c5C7C6)c14)C3C2. The smallest absolute Gasteiger partial charge is 0.0145 e. The maximum Gasteiger partial charge on any atom is 0.0145 e. The second-order valence-electron chi connectivity index (χ2n) is 6.77. The van der Waals surface area contributed by atoms with Crippen molar-refractivity contribution in [3.63, 3.8) is 0 Å². The van der Waals surface area contributed by atoms with Gasteiger partial charge in [-0.2, -0.15) is 0 Å². The van der Waals surface area contributed by atoms with E-state index in [0.29, 0.717) is 0 Å². The second kappa shape index (κ2) is 2.44. The van der Waals surface area contributed by atoms with E-state index in [2.05, 4.69) is 36.4 Å². The molecular weight excluding hydrogens is 240 g/mol. The summed E-state index contributed by atoms with van der Waals surface area (Å²) in [5.41, 5.74) is 12.6. The molecule has 0 nitrogen and oxygen atoms in total. The van der Waals surface area contributed by atoms with E-state index in [4.69, 9.17) is 0 Å².